The molecular weight excluding hydrogens is 271 g/mol. The molecule has 18 heavy (non-hydrogen) atoms. The predicted molar refractivity (Wildman–Crippen MR) is 75.2 cm³/mol. The molecule has 1 aromatic rings. The summed E-state index contributed by atoms with van der Waals surface area (Å²) >= 11 is 11.7. The lowest BCUT2D eigenvalue weighted by molar-refractivity contribution is 0.0937. The molecule has 5 heteroatoms. The summed E-state index contributed by atoms with van der Waals surface area (Å²) in [5.41, 5.74) is 0.505. The zero-order chi connectivity index (χ0) is 13.9. The second-order valence-corrected chi connectivity index (χ2v) is 6.26. The van der Waals surface area contributed by atoms with Crippen LogP contribution < -0.4 is 5.32 Å². The Balaban J connectivity index is 2.69. The van der Waals surface area contributed by atoms with Crippen LogP contribution in [0.1, 0.15) is 38.1 Å². The van der Waals surface area contributed by atoms with Gasteiger partial charge in [-0.3, -0.25) is 4.79 Å². The van der Waals surface area contributed by atoms with E-state index in [-0.39, 0.29) is 16.5 Å². The van der Waals surface area contributed by atoms with Crippen LogP contribution in [0.4, 0.5) is 0 Å². The van der Waals surface area contributed by atoms with Gasteiger partial charge in [-0.2, -0.15) is 0 Å². The molecule has 100 valence electrons. The molecule has 0 aliphatic carbocycles. The summed E-state index contributed by atoms with van der Waals surface area (Å²) in [4.78, 5) is 15.8. The first-order valence-corrected chi connectivity index (χ1v) is 6.56. The van der Waals surface area contributed by atoms with Crippen LogP contribution in [-0.4, -0.2) is 17.4 Å². The van der Waals surface area contributed by atoms with E-state index in [1.54, 1.807) is 0 Å². The van der Waals surface area contributed by atoms with E-state index in [1.807, 2.05) is 0 Å². The van der Waals surface area contributed by atoms with Gasteiger partial charge < -0.3 is 5.32 Å². The van der Waals surface area contributed by atoms with Crippen LogP contribution in [0.15, 0.2) is 12.3 Å². The third-order valence-electron chi connectivity index (χ3n) is 3.11. The van der Waals surface area contributed by atoms with E-state index < -0.39 is 0 Å². The maximum Gasteiger partial charge on any atom is 0.252 e. The fraction of sp³-hybridized carbons (Fsp3) is 0.538. The first-order valence-electron chi connectivity index (χ1n) is 5.81. The molecule has 3 nitrogen and oxygen atoms in total. The van der Waals surface area contributed by atoms with Crippen molar-refractivity contribution in [3.8, 4) is 0 Å². The average molecular weight is 289 g/mol. The summed E-state index contributed by atoms with van der Waals surface area (Å²) in [6, 6.07) is 1.47. The Bertz CT molecular complexity index is 441. The van der Waals surface area contributed by atoms with E-state index in [4.69, 9.17) is 23.2 Å². The number of rotatable bonds is 3. The standard InChI is InChI=1S/C13H18Cl2N2O/c1-8(13(2,3)4)6-17-12(18)9-5-11(15)16-7-10(9)14/h5,7-8H,6H2,1-4H3,(H,17,18). The minimum absolute atomic E-state index is 0.146. The van der Waals surface area contributed by atoms with Crippen LogP contribution in [0, 0.1) is 11.3 Å². The molecule has 0 aliphatic rings. The van der Waals surface area contributed by atoms with Crippen LogP contribution in [0.2, 0.25) is 10.2 Å². The lowest BCUT2D eigenvalue weighted by Crippen LogP contribution is -2.33. The molecular formula is C13H18Cl2N2O. The molecule has 0 fully saturated rings. The zero-order valence-corrected chi connectivity index (χ0v) is 12.6. The van der Waals surface area contributed by atoms with E-state index in [0.717, 1.165) is 0 Å². The fourth-order valence-electron chi connectivity index (χ4n) is 1.23. The van der Waals surface area contributed by atoms with Crippen molar-refractivity contribution in [3.05, 3.63) is 28.0 Å². The Hall–Kier alpha value is -0.800. The van der Waals surface area contributed by atoms with Crippen molar-refractivity contribution in [2.24, 2.45) is 11.3 Å². The Labute approximate surface area is 118 Å². The van der Waals surface area contributed by atoms with E-state index in [0.29, 0.717) is 23.0 Å². The second kappa shape index (κ2) is 5.89. The molecule has 0 bridgehead atoms. The molecule has 1 unspecified atom stereocenters. The molecule has 1 atom stereocenters. The number of amides is 1. The highest BCUT2D eigenvalue weighted by atomic mass is 35.5. The van der Waals surface area contributed by atoms with Gasteiger partial charge in [0.1, 0.15) is 5.15 Å². The normalized spacial score (nSPS) is 13.2. The number of hydrogen-bond acceptors (Lipinski definition) is 2. The predicted octanol–water partition coefficient (Wildman–Crippen LogP) is 3.80. The summed E-state index contributed by atoms with van der Waals surface area (Å²) in [5.74, 6) is 0.137. The van der Waals surface area contributed by atoms with Crippen LogP contribution in [-0.2, 0) is 0 Å². The van der Waals surface area contributed by atoms with Gasteiger partial charge in [-0.1, -0.05) is 50.9 Å². The number of carbonyl (C=O) groups excluding carboxylic acids is 1. The van der Waals surface area contributed by atoms with Crippen molar-refractivity contribution >= 4 is 29.1 Å². The molecule has 0 saturated carbocycles. The van der Waals surface area contributed by atoms with Gasteiger partial charge in [-0.15, -0.1) is 0 Å². The van der Waals surface area contributed by atoms with Gasteiger partial charge in [0.2, 0.25) is 0 Å². The van der Waals surface area contributed by atoms with E-state index >= 15 is 0 Å². The summed E-state index contributed by atoms with van der Waals surface area (Å²) in [5, 5.41) is 3.43. The second-order valence-electron chi connectivity index (χ2n) is 5.46. The van der Waals surface area contributed by atoms with Crippen molar-refractivity contribution < 1.29 is 4.79 Å². The molecule has 0 spiro atoms. The van der Waals surface area contributed by atoms with E-state index in [9.17, 15) is 4.79 Å². The Morgan fingerprint density at radius 1 is 1.44 bits per heavy atom. The van der Waals surface area contributed by atoms with Crippen LogP contribution >= 0.6 is 23.2 Å². The quantitative estimate of drug-likeness (QED) is 0.860. The largest absolute Gasteiger partial charge is 0.352 e. The number of aromatic nitrogens is 1. The van der Waals surface area contributed by atoms with Crippen LogP contribution in [0.25, 0.3) is 0 Å². The third-order valence-corrected chi connectivity index (χ3v) is 3.62. The number of halogens is 2. The van der Waals surface area contributed by atoms with Gasteiger partial charge in [-0.25, -0.2) is 4.98 Å². The number of hydrogen-bond donors (Lipinski definition) is 1. The number of nitrogens with zero attached hydrogens (tertiary/aromatic N) is 1. The Morgan fingerprint density at radius 2 is 2.06 bits per heavy atom. The van der Waals surface area contributed by atoms with Gasteiger partial charge in [0.15, 0.2) is 0 Å². The summed E-state index contributed by atoms with van der Waals surface area (Å²) < 4.78 is 0. The summed E-state index contributed by atoms with van der Waals surface area (Å²) in [7, 11) is 0. The third kappa shape index (κ3) is 4.14. The van der Waals surface area contributed by atoms with Crippen molar-refractivity contribution in [1.29, 1.82) is 0 Å². The highest BCUT2D eigenvalue weighted by Gasteiger charge is 2.21. The molecule has 1 heterocycles. The van der Waals surface area contributed by atoms with Gasteiger partial charge in [0.25, 0.3) is 5.91 Å². The minimum Gasteiger partial charge on any atom is -0.352 e. The van der Waals surface area contributed by atoms with E-state index in [1.165, 1.54) is 12.3 Å². The SMILES string of the molecule is CC(CNC(=O)c1cc(Cl)ncc1Cl)C(C)(C)C. The smallest absolute Gasteiger partial charge is 0.252 e. The van der Waals surface area contributed by atoms with Gasteiger partial charge >= 0.3 is 0 Å². The summed E-state index contributed by atoms with van der Waals surface area (Å²) in [6.07, 6.45) is 1.38. The van der Waals surface area contributed by atoms with Crippen LogP contribution in [0.5, 0.6) is 0 Å². The first-order chi connectivity index (χ1) is 8.21. The molecule has 0 aromatic carbocycles. The lowest BCUT2D eigenvalue weighted by Gasteiger charge is -2.27. The summed E-state index contributed by atoms with van der Waals surface area (Å²) in [6.45, 7) is 9.11. The number of carbonyl (C=O) groups is 1. The van der Waals surface area contributed by atoms with Gasteiger partial charge in [0.05, 0.1) is 10.6 Å². The Morgan fingerprint density at radius 3 is 2.61 bits per heavy atom. The maximum atomic E-state index is 12.0. The van der Waals surface area contributed by atoms with E-state index in [2.05, 4.69) is 38.0 Å². The molecule has 1 rings (SSSR count). The Kier molecular flexibility index (Phi) is 5.00. The molecule has 1 aromatic heterocycles. The molecule has 0 saturated heterocycles. The monoisotopic (exact) mass is 288 g/mol. The molecule has 1 amide bonds. The van der Waals surface area contributed by atoms with Crippen molar-refractivity contribution in [2.75, 3.05) is 6.54 Å². The number of nitrogens with one attached hydrogen (secondary N) is 1. The first kappa shape index (κ1) is 15.3. The van der Waals surface area contributed by atoms with Crippen molar-refractivity contribution in [2.45, 2.75) is 27.7 Å². The van der Waals surface area contributed by atoms with Crippen molar-refractivity contribution in [3.63, 3.8) is 0 Å². The highest BCUT2D eigenvalue weighted by Crippen LogP contribution is 2.24. The van der Waals surface area contributed by atoms with Gasteiger partial charge in [0, 0.05) is 12.7 Å². The maximum absolute atomic E-state index is 12.0. The zero-order valence-electron chi connectivity index (χ0n) is 11.1. The average Bonchev–Trinajstić information content (AvgIpc) is 2.27. The lowest BCUT2D eigenvalue weighted by atomic mass is 9.82. The van der Waals surface area contributed by atoms with Crippen molar-refractivity contribution in [1.82, 2.24) is 10.3 Å². The fourth-order valence-corrected chi connectivity index (χ4v) is 1.58. The highest BCUT2D eigenvalue weighted by molar-refractivity contribution is 6.35. The molecule has 0 aliphatic heterocycles. The topological polar surface area (TPSA) is 42.0 Å². The number of pyridine rings is 1. The van der Waals surface area contributed by atoms with Crippen LogP contribution in [0.3, 0.4) is 0 Å². The van der Waals surface area contributed by atoms with Gasteiger partial charge in [-0.05, 0) is 17.4 Å². The minimum atomic E-state index is -0.222. The molecule has 0 radical (unpaired) electrons. The molecule has 1 N–H and O–H groups in total.